The molecule has 92 valence electrons. The molecular formula is C10H8F3NO2S. The molecule has 2 atom stereocenters. The van der Waals surface area contributed by atoms with Crippen molar-refractivity contribution in [3.05, 3.63) is 35.1 Å². The summed E-state index contributed by atoms with van der Waals surface area (Å²) in [5.74, 6) is -4.10. The summed E-state index contributed by atoms with van der Waals surface area (Å²) in [6.45, 7) is 0. The van der Waals surface area contributed by atoms with Crippen LogP contribution in [-0.4, -0.2) is 22.9 Å². The summed E-state index contributed by atoms with van der Waals surface area (Å²) < 4.78 is 39.1. The van der Waals surface area contributed by atoms with Gasteiger partial charge < -0.3 is 5.11 Å². The van der Waals surface area contributed by atoms with Crippen molar-refractivity contribution < 1.29 is 23.1 Å². The van der Waals surface area contributed by atoms with Gasteiger partial charge in [0.25, 0.3) is 0 Å². The zero-order valence-electron chi connectivity index (χ0n) is 8.41. The highest BCUT2D eigenvalue weighted by Crippen LogP contribution is 2.34. The highest BCUT2D eigenvalue weighted by atomic mass is 32.2. The van der Waals surface area contributed by atoms with Crippen LogP contribution in [0.1, 0.15) is 10.9 Å². The van der Waals surface area contributed by atoms with Gasteiger partial charge in [-0.3, -0.25) is 10.1 Å². The van der Waals surface area contributed by atoms with Crippen LogP contribution >= 0.6 is 11.8 Å². The molecule has 1 aliphatic heterocycles. The topological polar surface area (TPSA) is 49.3 Å². The third-order valence-corrected chi connectivity index (χ3v) is 3.65. The molecule has 1 unspecified atom stereocenters. The molecule has 1 saturated heterocycles. The summed E-state index contributed by atoms with van der Waals surface area (Å²) in [5.41, 5.74) is -0.0716. The van der Waals surface area contributed by atoms with Crippen molar-refractivity contribution in [1.82, 2.24) is 5.32 Å². The molecule has 1 aromatic rings. The van der Waals surface area contributed by atoms with Crippen LogP contribution in [0.3, 0.4) is 0 Å². The Bertz CT molecular complexity index is 469. The molecule has 0 amide bonds. The first kappa shape index (κ1) is 12.3. The number of nitrogens with one attached hydrogen (secondary N) is 1. The Kier molecular flexibility index (Phi) is 3.30. The second kappa shape index (κ2) is 4.58. The zero-order valence-corrected chi connectivity index (χ0v) is 9.23. The number of benzene rings is 1. The van der Waals surface area contributed by atoms with Gasteiger partial charge in [-0.25, -0.2) is 13.2 Å². The van der Waals surface area contributed by atoms with E-state index in [-0.39, 0.29) is 11.3 Å². The van der Waals surface area contributed by atoms with Crippen LogP contribution in [0.15, 0.2) is 12.1 Å². The van der Waals surface area contributed by atoms with E-state index >= 15 is 0 Å². The lowest BCUT2D eigenvalue weighted by molar-refractivity contribution is -0.138. The van der Waals surface area contributed by atoms with Crippen molar-refractivity contribution in [2.75, 3.05) is 5.75 Å². The number of rotatable bonds is 2. The van der Waals surface area contributed by atoms with E-state index in [9.17, 15) is 18.0 Å². The molecule has 1 aliphatic rings. The Morgan fingerprint density at radius 2 is 1.94 bits per heavy atom. The molecule has 1 aromatic carbocycles. The van der Waals surface area contributed by atoms with Gasteiger partial charge in [-0.15, -0.1) is 11.8 Å². The molecule has 0 saturated carbocycles. The second-order valence-corrected chi connectivity index (χ2v) is 4.70. The molecule has 0 radical (unpaired) electrons. The van der Waals surface area contributed by atoms with E-state index in [4.69, 9.17) is 5.11 Å². The predicted octanol–water partition coefficient (Wildman–Crippen LogP) is 1.89. The Morgan fingerprint density at radius 1 is 1.29 bits per heavy atom. The summed E-state index contributed by atoms with van der Waals surface area (Å²) in [5, 5.41) is 10.7. The van der Waals surface area contributed by atoms with E-state index in [2.05, 4.69) is 5.32 Å². The Balaban J connectivity index is 2.24. The minimum absolute atomic E-state index is 0.0716. The highest BCUT2D eigenvalue weighted by molar-refractivity contribution is 7.99. The monoisotopic (exact) mass is 263 g/mol. The minimum Gasteiger partial charge on any atom is -0.480 e. The molecule has 17 heavy (non-hydrogen) atoms. The van der Waals surface area contributed by atoms with Crippen molar-refractivity contribution in [3.8, 4) is 0 Å². The first-order valence-corrected chi connectivity index (χ1v) is 5.79. The fourth-order valence-corrected chi connectivity index (χ4v) is 2.78. The maximum absolute atomic E-state index is 13.4. The van der Waals surface area contributed by atoms with E-state index in [1.165, 1.54) is 0 Å². The van der Waals surface area contributed by atoms with E-state index in [1.807, 2.05) is 0 Å². The van der Waals surface area contributed by atoms with Crippen LogP contribution in [0, 0.1) is 17.5 Å². The first-order valence-electron chi connectivity index (χ1n) is 4.74. The van der Waals surface area contributed by atoms with E-state index in [0.717, 1.165) is 17.8 Å². The molecule has 1 fully saturated rings. The lowest BCUT2D eigenvalue weighted by Crippen LogP contribution is -2.33. The molecule has 2 N–H and O–H groups in total. The Morgan fingerprint density at radius 3 is 2.53 bits per heavy atom. The SMILES string of the molecule is O=C(O)[C@@H]1CSC(c2cc(F)c(F)cc2F)N1. The van der Waals surface area contributed by atoms with Gasteiger partial charge in [0.15, 0.2) is 11.6 Å². The van der Waals surface area contributed by atoms with Crippen molar-refractivity contribution in [2.24, 2.45) is 0 Å². The van der Waals surface area contributed by atoms with Crippen LogP contribution in [-0.2, 0) is 4.79 Å². The average Bonchev–Trinajstić information content (AvgIpc) is 2.72. The molecule has 0 aliphatic carbocycles. The summed E-state index contributed by atoms with van der Waals surface area (Å²) in [7, 11) is 0. The quantitative estimate of drug-likeness (QED) is 0.800. The lowest BCUT2D eigenvalue weighted by Gasteiger charge is -2.12. The predicted molar refractivity (Wildman–Crippen MR) is 56.1 cm³/mol. The van der Waals surface area contributed by atoms with Crippen molar-refractivity contribution in [1.29, 1.82) is 0 Å². The average molecular weight is 263 g/mol. The summed E-state index contributed by atoms with van der Waals surface area (Å²) in [6.07, 6.45) is 0. The van der Waals surface area contributed by atoms with Gasteiger partial charge in [0.05, 0.1) is 5.37 Å². The number of halogens is 3. The summed E-state index contributed by atoms with van der Waals surface area (Å²) in [6, 6.07) is 0.401. The Labute approximate surface area is 99.0 Å². The number of hydrogen-bond acceptors (Lipinski definition) is 3. The fourth-order valence-electron chi connectivity index (χ4n) is 1.53. The Hall–Kier alpha value is -1.21. The van der Waals surface area contributed by atoms with E-state index < -0.39 is 34.8 Å². The maximum atomic E-state index is 13.4. The van der Waals surface area contributed by atoms with Crippen molar-refractivity contribution in [2.45, 2.75) is 11.4 Å². The van der Waals surface area contributed by atoms with Gasteiger partial charge in [0.1, 0.15) is 11.9 Å². The number of carboxylic acids is 1. The largest absolute Gasteiger partial charge is 0.480 e. The number of aliphatic carboxylic acids is 1. The molecule has 2 rings (SSSR count). The molecule has 7 heteroatoms. The van der Waals surface area contributed by atoms with Gasteiger partial charge in [-0.05, 0) is 6.07 Å². The van der Waals surface area contributed by atoms with Crippen LogP contribution in [0.25, 0.3) is 0 Å². The summed E-state index contributed by atoms with van der Waals surface area (Å²) >= 11 is 1.14. The molecular weight excluding hydrogens is 255 g/mol. The third kappa shape index (κ3) is 2.39. The minimum atomic E-state index is -1.26. The van der Waals surface area contributed by atoms with E-state index in [0.29, 0.717) is 6.07 Å². The van der Waals surface area contributed by atoms with Crippen LogP contribution in [0.5, 0.6) is 0 Å². The molecule has 1 heterocycles. The van der Waals surface area contributed by atoms with Gasteiger partial charge in [0, 0.05) is 17.4 Å². The first-order chi connectivity index (χ1) is 7.99. The van der Waals surface area contributed by atoms with Gasteiger partial charge in [0.2, 0.25) is 0 Å². The van der Waals surface area contributed by atoms with Gasteiger partial charge >= 0.3 is 5.97 Å². The van der Waals surface area contributed by atoms with Gasteiger partial charge in [-0.1, -0.05) is 0 Å². The standard InChI is InChI=1S/C10H8F3NO2S/c11-5-2-7(13)6(12)1-4(5)9-14-8(3-17-9)10(15)16/h1-2,8-9,14H,3H2,(H,15,16)/t8-,9?/m0/s1. The molecule has 3 nitrogen and oxygen atoms in total. The number of carboxylic acid groups (broad SMARTS) is 1. The normalized spacial score (nSPS) is 23.9. The summed E-state index contributed by atoms with van der Waals surface area (Å²) in [4.78, 5) is 10.7. The molecule has 0 spiro atoms. The zero-order chi connectivity index (χ0) is 12.6. The number of thioether (sulfide) groups is 1. The lowest BCUT2D eigenvalue weighted by atomic mass is 10.2. The van der Waals surface area contributed by atoms with Gasteiger partial charge in [-0.2, -0.15) is 0 Å². The third-order valence-electron chi connectivity index (χ3n) is 2.40. The fraction of sp³-hybridized carbons (Fsp3) is 0.300. The van der Waals surface area contributed by atoms with Crippen LogP contribution in [0.2, 0.25) is 0 Å². The molecule has 0 aromatic heterocycles. The van der Waals surface area contributed by atoms with Crippen LogP contribution < -0.4 is 5.32 Å². The van der Waals surface area contributed by atoms with Crippen molar-refractivity contribution in [3.63, 3.8) is 0 Å². The molecule has 0 bridgehead atoms. The van der Waals surface area contributed by atoms with Crippen molar-refractivity contribution >= 4 is 17.7 Å². The smallest absolute Gasteiger partial charge is 0.321 e. The van der Waals surface area contributed by atoms with Crippen LogP contribution in [0.4, 0.5) is 13.2 Å². The highest BCUT2D eigenvalue weighted by Gasteiger charge is 2.32. The number of carbonyl (C=O) groups is 1. The maximum Gasteiger partial charge on any atom is 0.321 e. The number of hydrogen-bond donors (Lipinski definition) is 2. The van der Waals surface area contributed by atoms with E-state index in [1.54, 1.807) is 0 Å². The second-order valence-electron chi connectivity index (χ2n) is 3.56.